The summed E-state index contributed by atoms with van der Waals surface area (Å²) in [5.41, 5.74) is 12.5. The molecule has 1 aromatic heterocycles. The molecule has 2 heterocycles. The zero-order valence-electron chi connectivity index (χ0n) is 32.5. The van der Waals surface area contributed by atoms with Gasteiger partial charge in [0.25, 0.3) is 0 Å². The number of rotatable bonds is 8. The van der Waals surface area contributed by atoms with Crippen molar-refractivity contribution in [2.24, 2.45) is 0 Å². The van der Waals surface area contributed by atoms with Crippen molar-refractivity contribution < 1.29 is 4.74 Å². The van der Waals surface area contributed by atoms with Gasteiger partial charge in [-0.2, -0.15) is 0 Å². The Hall–Kier alpha value is -8.15. The smallest absolute Gasteiger partial charge is 0.164 e. The first-order valence-electron chi connectivity index (χ1n) is 20.1. The van der Waals surface area contributed by atoms with Crippen molar-refractivity contribution in [3.05, 3.63) is 218 Å². The number of hydrogen-bond donors (Lipinski definition) is 0. The SMILES string of the molecule is c1ccc(-c2ccc(N(c3ccccc3)c3cccc4c3-c3cccc5c(-c6nc(-c7ccccc7)nc(-c7cccc(-c8ccccc8)c7)n6)ccc(c35)O4)cc2)cc1. The van der Waals surface area contributed by atoms with E-state index >= 15 is 0 Å². The summed E-state index contributed by atoms with van der Waals surface area (Å²) >= 11 is 0. The standard InChI is InChI=1S/C55H36N4O/c1-5-16-37(17-6-1)39-30-32-44(33-31-39)59(43-24-11-4-12-25-43)48-28-15-29-49-52(48)47-27-14-26-45-46(34-35-50(60-49)51(45)47)55-57-53(40-20-9-3-10-21-40)56-54(58-55)42-23-13-22-41(36-42)38-18-7-2-8-19-38/h1-36H. The number of para-hydroxylation sites is 1. The maximum Gasteiger partial charge on any atom is 0.164 e. The van der Waals surface area contributed by atoms with Crippen LogP contribution in [0.25, 0.3) is 78.3 Å². The Kier molecular flexibility index (Phi) is 8.75. The summed E-state index contributed by atoms with van der Waals surface area (Å²) in [4.78, 5) is 17.8. The Balaban J connectivity index is 1.08. The minimum atomic E-state index is 0.594. The Morgan fingerprint density at radius 1 is 0.333 bits per heavy atom. The third-order valence-electron chi connectivity index (χ3n) is 11.1. The van der Waals surface area contributed by atoms with Gasteiger partial charge in [-0.3, -0.25) is 0 Å². The van der Waals surface area contributed by atoms with Crippen LogP contribution in [-0.2, 0) is 0 Å². The average molecular weight is 769 g/mol. The molecule has 5 heteroatoms. The maximum absolute atomic E-state index is 6.84. The van der Waals surface area contributed by atoms with Gasteiger partial charge in [0.1, 0.15) is 11.5 Å². The summed E-state index contributed by atoms with van der Waals surface area (Å²) in [6.45, 7) is 0. The van der Waals surface area contributed by atoms with E-state index in [0.29, 0.717) is 17.5 Å². The summed E-state index contributed by atoms with van der Waals surface area (Å²) < 4.78 is 6.84. The van der Waals surface area contributed by atoms with Gasteiger partial charge < -0.3 is 9.64 Å². The molecule has 0 fully saturated rings. The first-order chi connectivity index (χ1) is 29.7. The van der Waals surface area contributed by atoms with Crippen molar-refractivity contribution in [1.29, 1.82) is 0 Å². The van der Waals surface area contributed by atoms with Gasteiger partial charge in [0.05, 0.1) is 5.69 Å². The van der Waals surface area contributed by atoms with E-state index in [9.17, 15) is 0 Å². The zero-order chi connectivity index (χ0) is 39.8. The van der Waals surface area contributed by atoms with E-state index in [-0.39, 0.29) is 0 Å². The minimum absolute atomic E-state index is 0.594. The number of hydrogen-bond acceptors (Lipinski definition) is 5. The van der Waals surface area contributed by atoms with Crippen molar-refractivity contribution in [3.8, 4) is 79.0 Å². The van der Waals surface area contributed by atoms with Crippen LogP contribution in [-0.4, -0.2) is 15.0 Å². The molecule has 1 aliphatic heterocycles. The molecule has 5 nitrogen and oxygen atoms in total. The molecule has 0 atom stereocenters. The van der Waals surface area contributed by atoms with Crippen LogP contribution in [0.4, 0.5) is 17.1 Å². The first-order valence-corrected chi connectivity index (χ1v) is 20.1. The van der Waals surface area contributed by atoms with Crippen LogP contribution in [0, 0.1) is 0 Å². The Bertz CT molecular complexity index is 3150. The van der Waals surface area contributed by atoms with E-state index in [1.807, 2.05) is 42.5 Å². The second kappa shape index (κ2) is 15.0. The number of ether oxygens (including phenoxy) is 1. The molecule has 0 radical (unpaired) electrons. The molecule has 60 heavy (non-hydrogen) atoms. The number of benzene rings is 9. The van der Waals surface area contributed by atoms with Crippen LogP contribution >= 0.6 is 0 Å². The molecule has 0 saturated carbocycles. The molecule has 282 valence electrons. The highest BCUT2D eigenvalue weighted by molar-refractivity contribution is 6.12. The molecule has 0 N–H and O–H groups in total. The third kappa shape index (κ3) is 6.35. The number of aromatic nitrogens is 3. The fourth-order valence-corrected chi connectivity index (χ4v) is 8.29. The summed E-state index contributed by atoms with van der Waals surface area (Å²) in [6, 6.07) is 75.6. The van der Waals surface area contributed by atoms with E-state index in [4.69, 9.17) is 19.7 Å². The molecule has 10 aromatic rings. The van der Waals surface area contributed by atoms with Crippen LogP contribution in [0.2, 0.25) is 0 Å². The Morgan fingerprint density at radius 2 is 0.867 bits per heavy atom. The normalized spacial score (nSPS) is 11.5. The lowest BCUT2D eigenvalue weighted by atomic mass is 9.90. The summed E-state index contributed by atoms with van der Waals surface area (Å²) in [7, 11) is 0. The number of nitrogens with zero attached hydrogens (tertiary/aromatic N) is 4. The molecule has 0 unspecified atom stereocenters. The largest absolute Gasteiger partial charge is 0.456 e. The fourth-order valence-electron chi connectivity index (χ4n) is 8.29. The zero-order valence-corrected chi connectivity index (χ0v) is 32.5. The quantitative estimate of drug-likeness (QED) is 0.154. The molecule has 0 saturated heterocycles. The lowest BCUT2D eigenvalue weighted by Gasteiger charge is -2.31. The molecule has 0 aliphatic carbocycles. The Morgan fingerprint density at radius 3 is 1.58 bits per heavy atom. The fraction of sp³-hybridized carbons (Fsp3) is 0. The molecule has 0 bridgehead atoms. The second-order valence-corrected chi connectivity index (χ2v) is 14.8. The van der Waals surface area contributed by atoms with E-state index in [1.165, 1.54) is 5.56 Å². The van der Waals surface area contributed by atoms with Crippen LogP contribution in [0.15, 0.2) is 218 Å². The predicted octanol–water partition coefficient (Wildman–Crippen LogP) is 14.6. The van der Waals surface area contributed by atoms with Gasteiger partial charge in [0, 0.05) is 39.0 Å². The average Bonchev–Trinajstić information content (AvgIpc) is 3.33. The van der Waals surface area contributed by atoms with Crippen LogP contribution in [0.5, 0.6) is 11.5 Å². The highest BCUT2D eigenvalue weighted by Crippen LogP contribution is 2.53. The molecule has 0 amide bonds. The minimum Gasteiger partial charge on any atom is -0.456 e. The van der Waals surface area contributed by atoms with Gasteiger partial charge in [0.15, 0.2) is 17.5 Å². The molecule has 1 aliphatic rings. The lowest BCUT2D eigenvalue weighted by Crippen LogP contribution is -2.12. The first kappa shape index (κ1) is 35.0. The van der Waals surface area contributed by atoms with Crippen LogP contribution < -0.4 is 9.64 Å². The summed E-state index contributed by atoms with van der Waals surface area (Å²) in [5, 5.41) is 2.01. The van der Waals surface area contributed by atoms with E-state index in [2.05, 4.69) is 181 Å². The molecule has 11 rings (SSSR count). The molecule has 0 spiro atoms. The molecule has 9 aromatic carbocycles. The van der Waals surface area contributed by atoms with Crippen molar-refractivity contribution in [3.63, 3.8) is 0 Å². The topological polar surface area (TPSA) is 51.1 Å². The number of anilines is 3. The third-order valence-corrected chi connectivity index (χ3v) is 11.1. The van der Waals surface area contributed by atoms with Crippen LogP contribution in [0.3, 0.4) is 0 Å². The van der Waals surface area contributed by atoms with Gasteiger partial charge in [-0.05, 0) is 87.8 Å². The molecular weight excluding hydrogens is 733 g/mol. The van der Waals surface area contributed by atoms with Gasteiger partial charge in [0.2, 0.25) is 0 Å². The second-order valence-electron chi connectivity index (χ2n) is 14.8. The summed E-state index contributed by atoms with van der Waals surface area (Å²) in [6.07, 6.45) is 0. The van der Waals surface area contributed by atoms with Crippen molar-refractivity contribution >= 4 is 27.8 Å². The van der Waals surface area contributed by atoms with Gasteiger partial charge >= 0.3 is 0 Å². The monoisotopic (exact) mass is 768 g/mol. The predicted molar refractivity (Wildman–Crippen MR) is 245 cm³/mol. The highest BCUT2D eigenvalue weighted by Gasteiger charge is 2.28. The Labute approximate surface area is 348 Å². The van der Waals surface area contributed by atoms with E-state index in [1.54, 1.807) is 0 Å². The van der Waals surface area contributed by atoms with E-state index < -0.39 is 0 Å². The van der Waals surface area contributed by atoms with Crippen molar-refractivity contribution in [1.82, 2.24) is 15.0 Å². The van der Waals surface area contributed by atoms with Crippen LogP contribution in [0.1, 0.15) is 0 Å². The van der Waals surface area contributed by atoms with Gasteiger partial charge in [-0.1, -0.05) is 164 Å². The van der Waals surface area contributed by atoms with Crippen molar-refractivity contribution in [2.45, 2.75) is 0 Å². The highest BCUT2D eigenvalue weighted by atomic mass is 16.5. The summed E-state index contributed by atoms with van der Waals surface area (Å²) in [5.74, 6) is 3.41. The lowest BCUT2D eigenvalue weighted by molar-refractivity contribution is 0.487. The van der Waals surface area contributed by atoms with Gasteiger partial charge in [-0.15, -0.1) is 0 Å². The molecular formula is C55H36N4O. The maximum atomic E-state index is 6.84. The number of fused-ring (bicyclic) bond motifs is 2. The van der Waals surface area contributed by atoms with E-state index in [0.717, 1.165) is 83.8 Å². The van der Waals surface area contributed by atoms with Crippen molar-refractivity contribution in [2.75, 3.05) is 4.90 Å². The van der Waals surface area contributed by atoms with Gasteiger partial charge in [-0.25, -0.2) is 15.0 Å².